The van der Waals surface area contributed by atoms with Gasteiger partial charge in [-0.2, -0.15) is 12.6 Å². The molecule has 1 rings (SSSR count). The van der Waals surface area contributed by atoms with Crippen LogP contribution in [0.3, 0.4) is 0 Å². The van der Waals surface area contributed by atoms with E-state index in [0.717, 1.165) is 0 Å². The lowest BCUT2D eigenvalue weighted by Crippen LogP contribution is -2.04. The fourth-order valence-electron chi connectivity index (χ4n) is 0.821. The summed E-state index contributed by atoms with van der Waals surface area (Å²) < 4.78 is 0. The summed E-state index contributed by atoms with van der Waals surface area (Å²) in [5, 5.41) is 7.82. The van der Waals surface area contributed by atoms with E-state index in [4.69, 9.17) is 10.8 Å². The van der Waals surface area contributed by atoms with Crippen LogP contribution in [-0.2, 0) is 4.79 Å². The number of hydrogen-bond donors (Lipinski definition) is 3. The first-order valence-corrected chi connectivity index (χ1v) is 3.89. The molecular formula is C8H9NO2S. The van der Waals surface area contributed by atoms with E-state index in [1.165, 1.54) is 0 Å². The van der Waals surface area contributed by atoms with Crippen molar-refractivity contribution < 1.29 is 9.90 Å². The lowest BCUT2D eigenvalue weighted by Gasteiger charge is -2.04. The Morgan fingerprint density at radius 1 is 1.42 bits per heavy atom. The standard InChI is InChI=1S/C8H9NO2S/c9-6-3-1-5(2-4-6)7(12)8(10)11/h1-4,7,12H,9H2,(H,10,11). The number of hydrogen-bond acceptors (Lipinski definition) is 3. The van der Waals surface area contributed by atoms with Crippen LogP contribution in [0.2, 0.25) is 0 Å². The van der Waals surface area contributed by atoms with Gasteiger partial charge in [0.05, 0.1) is 0 Å². The van der Waals surface area contributed by atoms with Gasteiger partial charge < -0.3 is 10.8 Å². The highest BCUT2D eigenvalue weighted by Crippen LogP contribution is 2.20. The number of rotatable bonds is 2. The SMILES string of the molecule is Nc1ccc(C(S)C(=O)O)cc1. The van der Waals surface area contributed by atoms with Crippen LogP contribution in [-0.4, -0.2) is 11.1 Å². The van der Waals surface area contributed by atoms with Crippen molar-refractivity contribution in [3.63, 3.8) is 0 Å². The minimum atomic E-state index is -0.955. The Hall–Kier alpha value is -1.16. The Balaban J connectivity index is 2.89. The molecule has 0 spiro atoms. The highest BCUT2D eigenvalue weighted by atomic mass is 32.1. The van der Waals surface area contributed by atoms with Crippen LogP contribution < -0.4 is 5.73 Å². The van der Waals surface area contributed by atoms with Gasteiger partial charge in [-0.05, 0) is 17.7 Å². The third-order valence-corrected chi connectivity index (χ3v) is 2.01. The third-order valence-electron chi connectivity index (χ3n) is 1.49. The van der Waals surface area contributed by atoms with Gasteiger partial charge in [0.15, 0.2) is 0 Å². The van der Waals surface area contributed by atoms with Crippen LogP contribution in [0.4, 0.5) is 5.69 Å². The summed E-state index contributed by atoms with van der Waals surface area (Å²) in [7, 11) is 0. The summed E-state index contributed by atoms with van der Waals surface area (Å²) in [6.45, 7) is 0. The number of carboxylic acids is 1. The van der Waals surface area contributed by atoms with Crippen molar-refractivity contribution in [2.45, 2.75) is 5.25 Å². The quantitative estimate of drug-likeness (QED) is 0.478. The Kier molecular flexibility index (Phi) is 2.60. The first-order valence-electron chi connectivity index (χ1n) is 3.37. The van der Waals surface area contributed by atoms with Gasteiger partial charge in [-0.3, -0.25) is 4.79 Å². The third kappa shape index (κ3) is 1.92. The molecule has 1 aromatic rings. The van der Waals surface area contributed by atoms with E-state index in [9.17, 15) is 4.79 Å². The molecule has 0 fully saturated rings. The Labute approximate surface area is 75.6 Å². The lowest BCUT2D eigenvalue weighted by atomic mass is 10.1. The van der Waals surface area contributed by atoms with Crippen LogP contribution in [0.1, 0.15) is 10.8 Å². The number of aliphatic carboxylic acids is 1. The second-order valence-corrected chi connectivity index (χ2v) is 2.92. The Bertz CT molecular complexity index is 284. The van der Waals surface area contributed by atoms with Gasteiger partial charge in [-0.1, -0.05) is 12.1 Å². The molecule has 4 heteroatoms. The van der Waals surface area contributed by atoms with Crippen molar-refractivity contribution in [2.24, 2.45) is 0 Å². The number of carboxylic acid groups (broad SMARTS) is 1. The van der Waals surface area contributed by atoms with Crippen molar-refractivity contribution in [3.05, 3.63) is 29.8 Å². The number of thiol groups is 1. The fourth-order valence-corrected chi connectivity index (χ4v) is 0.993. The maximum Gasteiger partial charge on any atom is 0.320 e. The van der Waals surface area contributed by atoms with Gasteiger partial charge in [0, 0.05) is 5.69 Å². The van der Waals surface area contributed by atoms with E-state index < -0.39 is 11.2 Å². The summed E-state index contributed by atoms with van der Waals surface area (Å²) in [5.41, 5.74) is 6.68. The van der Waals surface area contributed by atoms with Crippen molar-refractivity contribution in [2.75, 3.05) is 5.73 Å². The molecule has 0 bridgehead atoms. The molecule has 12 heavy (non-hydrogen) atoms. The molecule has 0 heterocycles. The average Bonchev–Trinajstić information content (AvgIpc) is 2.04. The monoisotopic (exact) mass is 183 g/mol. The van der Waals surface area contributed by atoms with Crippen LogP contribution >= 0.6 is 12.6 Å². The van der Waals surface area contributed by atoms with E-state index in [0.29, 0.717) is 11.3 Å². The number of nitrogen functional groups attached to an aromatic ring is 1. The molecule has 0 saturated carbocycles. The second kappa shape index (κ2) is 3.49. The van der Waals surface area contributed by atoms with E-state index >= 15 is 0 Å². The van der Waals surface area contributed by atoms with Crippen LogP contribution in [0.15, 0.2) is 24.3 Å². The molecule has 1 unspecified atom stereocenters. The largest absolute Gasteiger partial charge is 0.480 e. The molecule has 0 aliphatic heterocycles. The Morgan fingerprint density at radius 3 is 2.33 bits per heavy atom. The predicted octanol–water partition coefficient (Wildman–Crippen LogP) is 1.32. The van der Waals surface area contributed by atoms with Crippen LogP contribution in [0.5, 0.6) is 0 Å². The van der Waals surface area contributed by atoms with Crippen molar-refractivity contribution in [3.8, 4) is 0 Å². The normalized spacial score (nSPS) is 12.4. The van der Waals surface area contributed by atoms with Gasteiger partial charge in [0.2, 0.25) is 0 Å². The van der Waals surface area contributed by atoms with Gasteiger partial charge in [-0.25, -0.2) is 0 Å². The van der Waals surface area contributed by atoms with Crippen molar-refractivity contribution in [1.82, 2.24) is 0 Å². The molecular weight excluding hydrogens is 174 g/mol. The number of anilines is 1. The fraction of sp³-hybridized carbons (Fsp3) is 0.125. The number of nitrogens with two attached hydrogens (primary N) is 1. The summed E-state index contributed by atoms with van der Waals surface area (Å²) in [6, 6.07) is 6.62. The van der Waals surface area contributed by atoms with Crippen molar-refractivity contribution >= 4 is 24.3 Å². The van der Waals surface area contributed by atoms with E-state index in [2.05, 4.69) is 12.6 Å². The summed E-state index contributed by atoms with van der Waals surface area (Å²) >= 11 is 3.91. The second-order valence-electron chi connectivity index (χ2n) is 2.41. The molecule has 3 N–H and O–H groups in total. The van der Waals surface area contributed by atoms with E-state index in [1.807, 2.05) is 0 Å². The smallest absolute Gasteiger partial charge is 0.320 e. The predicted molar refractivity (Wildman–Crippen MR) is 50.2 cm³/mol. The minimum absolute atomic E-state index is 0.615. The molecule has 0 aliphatic carbocycles. The highest BCUT2D eigenvalue weighted by molar-refractivity contribution is 7.81. The number of benzene rings is 1. The van der Waals surface area contributed by atoms with Crippen LogP contribution in [0.25, 0.3) is 0 Å². The topological polar surface area (TPSA) is 63.3 Å². The maximum absolute atomic E-state index is 10.5. The molecule has 0 amide bonds. The molecule has 0 saturated heterocycles. The zero-order chi connectivity index (χ0) is 9.14. The van der Waals surface area contributed by atoms with Crippen LogP contribution in [0, 0.1) is 0 Å². The molecule has 3 nitrogen and oxygen atoms in total. The molecule has 64 valence electrons. The summed E-state index contributed by atoms with van der Waals surface area (Å²) in [4.78, 5) is 10.5. The van der Waals surface area contributed by atoms with E-state index in [1.54, 1.807) is 24.3 Å². The zero-order valence-electron chi connectivity index (χ0n) is 6.27. The molecule has 0 aromatic heterocycles. The minimum Gasteiger partial charge on any atom is -0.480 e. The highest BCUT2D eigenvalue weighted by Gasteiger charge is 2.13. The lowest BCUT2D eigenvalue weighted by molar-refractivity contribution is -0.136. The summed E-state index contributed by atoms with van der Waals surface area (Å²) in [5.74, 6) is -0.955. The number of carbonyl (C=O) groups is 1. The van der Waals surface area contributed by atoms with Gasteiger partial charge in [0.1, 0.15) is 5.25 Å². The average molecular weight is 183 g/mol. The van der Waals surface area contributed by atoms with Gasteiger partial charge in [0.25, 0.3) is 0 Å². The van der Waals surface area contributed by atoms with Gasteiger partial charge >= 0.3 is 5.97 Å². The summed E-state index contributed by atoms with van der Waals surface area (Å²) in [6.07, 6.45) is 0. The molecule has 1 aromatic carbocycles. The molecule has 0 radical (unpaired) electrons. The zero-order valence-corrected chi connectivity index (χ0v) is 7.16. The Morgan fingerprint density at radius 2 is 1.92 bits per heavy atom. The van der Waals surface area contributed by atoms with Gasteiger partial charge in [-0.15, -0.1) is 0 Å². The van der Waals surface area contributed by atoms with Crippen molar-refractivity contribution in [1.29, 1.82) is 0 Å². The van der Waals surface area contributed by atoms with E-state index in [-0.39, 0.29) is 0 Å². The first kappa shape index (κ1) is 8.93. The molecule has 1 atom stereocenters. The molecule has 0 aliphatic rings. The first-order chi connectivity index (χ1) is 5.61. The maximum atomic E-state index is 10.5.